The molecule has 2 rings (SSSR count). The van der Waals surface area contributed by atoms with Crippen molar-refractivity contribution in [2.24, 2.45) is 5.92 Å². The Labute approximate surface area is 118 Å². The predicted octanol–water partition coefficient (Wildman–Crippen LogP) is 4.46. The Hall–Kier alpha value is -0.540. The van der Waals surface area contributed by atoms with Crippen molar-refractivity contribution >= 4 is 21.6 Å². The van der Waals surface area contributed by atoms with Crippen molar-refractivity contribution in [3.05, 3.63) is 28.7 Å². The number of anilines is 1. The summed E-state index contributed by atoms with van der Waals surface area (Å²) >= 11 is 3.47. The van der Waals surface area contributed by atoms with E-state index in [1.165, 1.54) is 32.1 Å². The van der Waals surface area contributed by atoms with Gasteiger partial charge in [0.05, 0.1) is 6.61 Å². The first-order valence-electron chi connectivity index (χ1n) is 6.92. The molecule has 1 aliphatic carbocycles. The second-order valence-corrected chi connectivity index (χ2v) is 5.93. The molecule has 2 nitrogen and oxygen atoms in total. The van der Waals surface area contributed by atoms with Crippen molar-refractivity contribution < 1.29 is 4.74 Å². The summed E-state index contributed by atoms with van der Waals surface area (Å²) in [5, 5.41) is 3.37. The summed E-state index contributed by atoms with van der Waals surface area (Å²) in [6.07, 6.45) is 6.92. The number of ether oxygens (including phenoxy) is 1. The molecule has 3 heteroatoms. The molecule has 0 unspecified atom stereocenters. The maximum absolute atomic E-state index is 5.75. The number of nitrogens with one attached hydrogen (secondary N) is 1. The molecule has 18 heavy (non-hydrogen) atoms. The van der Waals surface area contributed by atoms with Gasteiger partial charge < -0.3 is 10.1 Å². The lowest BCUT2D eigenvalue weighted by Gasteiger charge is -2.21. The van der Waals surface area contributed by atoms with Gasteiger partial charge in [0.1, 0.15) is 0 Å². The number of hydrogen-bond acceptors (Lipinski definition) is 2. The van der Waals surface area contributed by atoms with Gasteiger partial charge in [-0.3, -0.25) is 0 Å². The van der Waals surface area contributed by atoms with Gasteiger partial charge in [-0.1, -0.05) is 41.3 Å². The Morgan fingerprint density at radius 3 is 2.83 bits per heavy atom. The van der Waals surface area contributed by atoms with Gasteiger partial charge in [-0.2, -0.15) is 0 Å². The second kappa shape index (κ2) is 7.80. The third-order valence-corrected chi connectivity index (χ3v) is 3.97. The van der Waals surface area contributed by atoms with Crippen LogP contribution in [0.5, 0.6) is 0 Å². The minimum Gasteiger partial charge on any atom is -0.383 e. The van der Waals surface area contributed by atoms with Crippen LogP contribution in [0.3, 0.4) is 0 Å². The van der Waals surface area contributed by atoms with E-state index >= 15 is 0 Å². The molecule has 1 aliphatic rings. The molecule has 0 bridgehead atoms. The van der Waals surface area contributed by atoms with Crippen molar-refractivity contribution in [2.75, 3.05) is 25.1 Å². The van der Waals surface area contributed by atoms with E-state index in [4.69, 9.17) is 4.74 Å². The largest absolute Gasteiger partial charge is 0.383 e. The van der Waals surface area contributed by atoms with E-state index in [-0.39, 0.29) is 0 Å². The van der Waals surface area contributed by atoms with Gasteiger partial charge in [0.2, 0.25) is 0 Å². The molecule has 1 fully saturated rings. The summed E-state index contributed by atoms with van der Waals surface area (Å²) in [5.74, 6) is 0.810. The van der Waals surface area contributed by atoms with Crippen LogP contribution < -0.4 is 5.32 Å². The SMILES string of the molecule is Brc1cccc(NCCOCC2CCCCC2)c1. The molecule has 0 amide bonds. The molecule has 0 saturated heterocycles. The molecule has 1 N–H and O–H groups in total. The van der Waals surface area contributed by atoms with Crippen molar-refractivity contribution in [1.29, 1.82) is 0 Å². The predicted molar refractivity (Wildman–Crippen MR) is 80.0 cm³/mol. The fraction of sp³-hybridized carbons (Fsp3) is 0.600. The third-order valence-electron chi connectivity index (χ3n) is 3.48. The Balaban J connectivity index is 1.55. The fourth-order valence-corrected chi connectivity index (χ4v) is 2.87. The molecular formula is C15H22BrNO. The van der Waals surface area contributed by atoms with Crippen LogP contribution in [0.25, 0.3) is 0 Å². The van der Waals surface area contributed by atoms with Gasteiger partial charge in [-0.15, -0.1) is 0 Å². The quantitative estimate of drug-likeness (QED) is 0.783. The molecule has 0 heterocycles. The molecule has 0 radical (unpaired) electrons. The molecule has 0 aliphatic heterocycles. The minimum atomic E-state index is 0.795. The van der Waals surface area contributed by atoms with E-state index in [1.807, 2.05) is 12.1 Å². The first-order chi connectivity index (χ1) is 8.84. The van der Waals surface area contributed by atoms with E-state index in [0.29, 0.717) is 0 Å². The molecule has 0 spiro atoms. The molecular weight excluding hydrogens is 290 g/mol. The first kappa shape index (κ1) is 13.9. The Bertz CT molecular complexity index is 350. The minimum absolute atomic E-state index is 0.795. The monoisotopic (exact) mass is 311 g/mol. The molecule has 0 aromatic heterocycles. The summed E-state index contributed by atoms with van der Waals surface area (Å²) in [5.41, 5.74) is 1.14. The number of benzene rings is 1. The van der Waals surface area contributed by atoms with Gasteiger partial charge in [0, 0.05) is 23.3 Å². The summed E-state index contributed by atoms with van der Waals surface area (Å²) in [4.78, 5) is 0. The van der Waals surface area contributed by atoms with Gasteiger partial charge in [0.15, 0.2) is 0 Å². The maximum Gasteiger partial charge on any atom is 0.0639 e. The standard InChI is InChI=1S/C15H22BrNO/c16-14-7-4-8-15(11-14)17-9-10-18-12-13-5-2-1-3-6-13/h4,7-8,11,13,17H,1-3,5-6,9-10,12H2. The maximum atomic E-state index is 5.75. The Kier molecular flexibility index (Phi) is 6.01. The van der Waals surface area contributed by atoms with Crippen LogP contribution in [0.1, 0.15) is 32.1 Å². The number of halogens is 1. The molecule has 100 valence electrons. The van der Waals surface area contributed by atoms with E-state index in [0.717, 1.165) is 35.8 Å². The zero-order chi connectivity index (χ0) is 12.6. The molecule has 1 saturated carbocycles. The van der Waals surface area contributed by atoms with E-state index < -0.39 is 0 Å². The summed E-state index contributed by atoms with van der Waals surface area (Å²) in [7, 11) is 0. The van der Waals surface area contributed by atoms with Gasteiger partial charge >= 0.3 is 0 Å². The van der Waals surface area contributed by atoms with Crippen LogP contribution in [0.15, 0.2) is 28.7 Å². The topological polar surface area (TPSA) is 21.3 Å². The lowest BCUT2D eigenvalue weighted by atomic mass is 9.90. The molecule has 0 atom stereocenters. The van der Waals surface area contributed by atoms with Crippen molar-refractivity contribution in [3.8, 4) is 0 Å². The lowest BCUT2D eigenvalue weighted by Crippen LogP contribution is -2.16. The van der Waals surface area contributed by atoms with Crippen LogP contribution in [0.4, 0.5) is 5.69 Å². The number of hydrogen-bond donors (Lipinski definition) is 1. The normalized spacial score (nSPS) is 16.7. The third kappa shape index (κ3) is 4.99. The number of rotatable bonds is 6. The molecule has 1 aromatic rings. The van der Waals surface area contributed by atoms with E-state index in [9.17, 15) is 0 Å². The first-order valence-corrected chi connectivity index (χ1v) is 7.71. The zero-order valence-electron chi connectivity index (χ0n) is 10.8. The van der Waals surface area contributed by atoms with E-state index in [1.54, 1.807) is 0 Å². The summed E-state index contributed by atoms with van der Waals surface area (Å²) < 4.78 is 6.86. The molecule has 1 aromatic carbocycles. The van der Waals surface area contributed by atoms with Crippen LogP contribution >= 0.6 is 15.9 Å². The smallest absolute Gasteiger partial charge is 0.0639 e. The van der Waals surface area contributed by atoms with Crippen LogP contribution in [-0.4, -0.2) is 19.8 Å². The zero-order valence-corrected chi connectivity index (χ0v) is 12.4. The van der Waals surface area contributed by atoms with Crippen molar-refractivity contribution in [1.82, 2.24) is 0 Å². The Morgan fingerprint density at radius 1 is 1.22 bits per heavy atom. The van der Waals surface area contributed by atoms with Gasteiger partial charge in [-0.25, -0.2) is 0 Å². The van der Waals surface area contributed by atoms with Crippen LogP contribution in [-0.2, 0) is 4.74 Å². The van der Waals surface area contributed by atoms with E-state index in [2.05, 4.69) is 33.4 Å². The average molecular weight is 312 g/mol. The van der Waals surface area contributed by atoms with Gasteiger partial charge in [-0.05, 0) is 37.0 Å². The van der Waals surface area contributed by atoms with Crippen LogP contribution in [0.2, 0.25) is 0 Å². The highest BCUT2D eigenvalue weighted by Crippen LogP contribution is 2.23. The van der Waals surface area contributed by atoms with Crippen molar-refractivity contribution in [2.45, 2.75) is 32.1 Å². The highest BCUT2D eigenvalue weighted by Gasteiger charge is 2.12. The Morgan fingerprint density at radius 2 is 2.06 bits per heavy atom. The lowest BCUT2D eigenvalue weighted by molar-refractivity contribution is 0.0924. The van der Waals surface area contributed by atoms with Gasteiger partial charge in [0.25, 0.3) is 0 Å². The average Bonchev–Trinajstić information content (AvgIpc) is 2.40. The summed E-state index contributed by atoms with van der Waals surface area (Å²) in [6.45, 7) is 2.62. The second-order valence-electron chi connectivity index (χ2n) is 5.02. The fourth-order valence-electron chi connectivity index (χ4n) is 2.47. The highest BCUT2D eigenvalue weighted by atomic mass is 79.9. The highest BCUT2D eigenvalue weighted by molar-refractivity contribution is 9.10. The van der Waals surface area contributed by atoms with Crippen LogP contribution in [0, 0.1) is 5.92 Å². The van der Waals surface area contributed by atoms with Crippen molar-refractivity contribution in [3.63, 3.8) is 0 Å². The summed E-state index contributed by atoms with van der Waals surface area (Å²) in [6, 6.07) is 8.23.